The number of carbonyl (C=O) groups excluding carboxylic acids is 1. The summed E-state index contributed by atoms with van der Waals surface area (Å²) < 4.78 is 0.793. The Morgan fingerprint density at radius 3 is 2.33 bits per heavy atom. The summed E-state index contributed by atoms with van der Waals surface area (Å²) in [6.45, 7) is 9.15. The predicted molar refractivity (Wildman–Crippen MR) is 116 cm³/mol. The van der Waals surface area contributed by atoms with Crippen molar-refractivity contribution < 1.29 is 9.28 Å². The van der Waals surface area contributed by atoms with E-state index in [-0.39, 0.29) is 12.1 Å². The summed E-state index contributed by atoms with van der Waals surface area (Å²) in [6.07, 6.45) is 23.8. The number of amides is 1. The molecule has 156 valence electrons. The summed E-state index contributed by atoms with van der Waals surface area (Å²) in [7, 11) is 0. The Morgan fingerprint density at radius 2 is 1.70 bits per heavy atom. The summed E-state index contributed by atoms with van der Waals surface area (Å²) in [6, 6.07) is 0. The lowest BCUT2D eigenvalue weighted by Gasteiger charge is -2.41. The van der Waals surface area contributed by atoms with E-state index in [1.807, 2.05) is 0 Å². The highest BCUT2D eigenvalue weighted by Crippen LogP contribution is 2.25. The van der Waals surface area contributed by atoms with Gasteiger partial charge in [0.25, 0.3) is 0 Å². The molecule has 1 heterocycles. The van der Waals surface area contributed by atoms with Crippen LogP contribution < -0.4 is 10.6 Å². The lowest BCUT2D eigenvalue weighted by molar-refractivity contribution is -0.923. The molecular formula is C23H44N3O+. The number of quaternary nitrogens is 1. The molecule has 1 rings (SSSR count). The largest absolute Gasteiger partial charge is 0.338 e. The van der Waals surface area contributed by atoms with Gasteiger partial charge >= 0.3 is 0 Å². The summed E-state index contributed by atoms with van der Waals surface area (Å²) in [5, 5.41) is 6.59. The van der Waals surface area contributed by atoms with E-state index in [2.05, 4.69) is 56.0 Å². The standard InChI is InChI=1S/C23H43N3O/c1-5-7-8-9-10-11-12-13-14-15-16-17-18-23-24-19-20-26(23,6-2)21(3)25-22(4)27/h14-15,19-21,23-24H,5-13,16-18H2,1-4H3/p+1/b15-14+. The lowest BCUT2D eigenvalue weighted by atomic mass is 10.1. The van der Waals surface area contributed by atoms with Crippen LogP contribution in [0, 0.1) is 0 Å². The number of rotatable bonds is 15. The van der Waals surface area contributed by atoms with Gasteiger partial charge < -0.3 is 10.6 Å². The van der Waals surface area contributed by atoms with Crippen molar-refractivity contribution in [3.63, 3.8) is 0 Å². The van der Waals surface area contributed by atoms with Crippen LogP contribution >= 0.6 is 0 Å². The van der Waals surface area contributed by atoms with Crippen LogP contribution in [0.25, 0.3) is 0 Å². The van der Waals surface area contributed by atoms with E-state index in [1.54, 1.807) is 6.92 Å². The van der Waals surface area contributed by atoms with Gasteiger partial charge in [-0.3, -0.25) is 9.28 Å². The predicted octanol–water partition coefficient (Wildman–Crippen LogP) is 5.57. The minimum absolute atomic E-state index is 0.0424. The smallest absolute Gasteiger partial charge is 0.221 e. The molecule has 0 aromatic rings. The first-order chi connectivity index (χ1) is 13.1. The fraction of sp³-hybridized carbons (Fsp3) is 0.783. The Bertz CT molecular complexity index is 461. The molecule has 1 aliphatic heterocycles. The molecule has 27 heavy (non-hydrogen) atoms. The molecule has 0 aliphatic carbocycles. The Morgan fingerprint density at radius 1 is 1.07 bits per heavy atom. The molecule has 2 N–H and O–H groups in total. The maximum atomic E-state index is 11.5. The Kier molecular flexibility index (Phi) is 12.2. The topological polar surface area (TPSA) is 41.1 Å². The molecule has 0 saturated heterocycles. The van der Waals surface area contributed by atoms with Crippen molar-refractivity contribution in [2.45, 2.75) is 111 Å². The van der Waals surface area contributed by atoms with Gasteiger partial charge in [-0.2, -0.15) is 0 Å². The molecule has 0 bridgehead atoms. The van der Waals surface area contributed by atoms with E-state index in [1.165, 1.54) is 57.8 Å². The monoisotopic (exact) mass is 378 g/mol. The number of nitrogens with one attached hydrogen (secondary N) is 2. The van der Waals surface area contributed by atoms with Crippen LogP contribution in [0.15, 0.2) is 24.6 Å². The third-order valence-corrected chi connectivity index (χ3v) is 5.89. The van der Waals surface area contributed by atoms with E-state index in [0.29, 0.717) is 6.17 Å². The second-order valence-electron chi connectivity index (χ2n) is 8.00. The number of hydrogen-bond acceptors (Lipinski definition) is 2. The zero-order valence-corrected chi connectivity index (χ0v) is 18.3. The molecule has 0 spiro atoms. The van der Waals surface area contributed by atoms with Gasteiger partial charge in [-0.1, -0.05) is 57.6 Å². The molecular weight excluding hydrogens is 334 g/mol. The average Bonchev–Trinajstić information content (AvgIpc) is 3.06. The Labute approximate surface area is 168 Å². The van der Waals surface area contributed by atoms with Crippen LogP contribution in [-0.4, -0.2) is 29.3 Å². The van der Waals surface area contributed by atoms with Crippen LogP contribution in [0.2, 0.25) is 0 Å². The number of hydrogen-bond donors (Lipinski definition) is 2. The highest BCUT2D eigenvalue weighted by atomic mass is 16.1. The lowest BCUT2D eigenvalue weighted by Crippen LogP contribution is -2.62. The second kappa shape index (κ2) is 13.8. The van der Waals surface area contributed by atoms with Gasteiger partial charge in [-0.15, -0.1) is 0 Å². The molecule has 4 heteroatoms. The minimum atomic E-state index is 0.0424. The number of carbonyl (C=O) groups is 1. The van der Waals surface area contributed by atoms with Gasteiger partial charge in [0.15, 0.2) is 12.3 Å². The Hall–Kier alpha value is -1.29. The maximum Gasteiger partial charge on any atom is 0.221 e. The summed E-state index contributed by atoms with van der Waals surface area (Å²) in [5.41, 5.74) is 0. The fourth-order valence-electron chi connectivity index (χ4n) is 4.16. The summed E-state index contributed by atoms with van der Waals surface area (Å²) >= 11 is 0. The quantitative estimate of drug-likeness (QED) is 0.222. The van der Waals surface area contributed by atoms with Gasteiger partial charge in [-0.25, -0.2) is 0 Å². The molecule has 4 nitrogen and oxygen atoms in total. The zero-order chi connectivity index (χ0) is 20.0. The molecule has 1 aliphatic rings. The van der Waals surface area contributed by atoms with Crippen molar-refractivity contribution in [1.82, 2.24) is 10.6 Å². The van der Waals surface area contributed by atoms with Crippen molar-refractivity contribution in [2.75, 3.05) is 6.54 Å². The van der Waals surface area contributed by atoms with Crippen molar-refractivity contribution in [2.24, 2.45) is 0 Å². The molecule has 0 fully saturated rings. The van der Waals surface area contributed by atoms with Gasteiger partial charge in [0.1, 0.15) is 6.20 Å². The van der Waals surface area contributed by atoms with Crippen LogP contribution in [0.3, 0.4) is 0 Å². The SMILES string of the molecule is CCCCCCCCC/C=C/CCCC1NC=C[N+]1(CC)C(C)NC(C)=O. The maximum absolute atomic E-state index is 11.5. The molecule has 3 atom stereocenters. The molecule has 0 saturated carbocycles. The fourth-order valence-corrected chi connectivity index (χ4v) is 4.16. The van der Waals surface area contributed by atoms with Crippen molar-refractivity contribution in [3.8, 4) is 0 Å². The number of nitrogens with zero attached hydrogens (tertiary/aromatic N) is 1. The van der Waals surface area contributed by atoms with Crippen molar-refractivity contribution in [1.29, 1.82) is 0 Å². The van der Waals surface area contributed by atoms with E-state index >= 15 is 0 Å². The van der Waals surface area contributed by atoms with E-state index in [9.17, 15) is 4.79 Å². The first kappa shape index (κ1) is 23.7. The first-order valence-corrected chi connectivity index (χ1v) is 11.3. The zero-order valence-electron chi connectivity index (χ0n) is 18.3. The third-order valence-electron chi connectivity index (χ3n) is 5.89. The van der Waals surface area contributed by atoms with E-state index in [0.717, 1.165) is 23.9 Å². The first-order valence-electron chi connectivity index (χ1n) is 11.3. The Balaban J connectivity index is 2.20. The number of unbranched alkanes of at least 4 members (excludes halogenated alkanes) is 8. The minimum Gasteiger partial charge on any atom is -0.338 e. The van der Waals surface area contributed by atoms with E-state index in [4.69, 9.17) is 0 Å². The van der Waals surface area contributed by atoms with Crippen LogP contribution in [-0.2, 0) is 4.79 Å². The highest BCUT2D eigenvalue weighted by Gasteiger charge is 2.41. The summed E-state index contributed by atoms with van der Waals surface area (Å²) in [5.74, 6) is 0.0424. The van der Waals surface area contributed by atoms with Gasteiger partial charge in [0, 0.05) is 20.3 Å². The van der Waals surface area contributed by atoms with Crippen LogP contribution in [0.1, 0.15) is 98.3 Å². The number of allylic oxidation sites excluding steroid dienone is 2. The second-order valence-corrected chi connectivity index (χ2v) is 8.00. The van der Waals surface area contributed by atoms with Crippen LogP contribution in [0.5, 0.6) is 0 Å². The summed E-state index contributed by atoms with van der Waals surface area (Å²) in [4.78, 5) is 11.5. The highest BCUT2D eigenvalue weighted by molar-refractivity contribution is 5.72. The molecule has 3 unspecified atom stereocenters. The van der Waals surface area contributed by atoms with E-state index < -0.39 is 0 Å². The van der Waals surface area contributed by atoms with Crippen LogP contribution in [0.4, 0.5) is 0 Å². The average molecular weight is 379 g/mol. The van der Waals surface area contributed by atoms with Gasteiger partial charge in [0.05, 0.1) is 12.7 Å². The normalized spacial score (nSPS) is 22.9. The molecule has 0 aromatic heterocycles. The van der Waals surface area contributed by atoms with Crippen molar-refractivity contribution >= 4 is 5.91 Å². The molecule has 0 radical (unpaired) electrons. The van der Waals surface area contributed by atoms with Gasteiger partial charge in [0.2, 0.25) is 5.91 Å². The molecule has 0 aromatic carbocycles. The van der Waals surface area contributed by atoms with Crippen molar-refractivity contribution in [3.05, 3.63) is 24.6 Å². The third kappa shape index (κ3) is 8.50. The van der Waals surface area contributed by atoms with Gasteiger partial charge in [-0.05, 0) is 32.6 Å². The molecule has 1 amide bonds.